The van der Waals surface area contributed by atoms with Gasteiger partial charge in [0.05, 0.1) is 0 Å². The van der Waals surface area contributed by atoms with Gasteiger partial charge in [-0.05, 0) is 32.7 Å². The predicted octanol–water partition coefficient (Wildman–Crippen LogP) is 1.74. The first-order valence-corrected chi connectivity index (χ1v) is 4.41. The number of hydrogen-bond donors (Lipinski definition) is 0. The minimum absolute atomic E-state index is 0.692. The van der Waals surface area contributed by atoms with Crippen LogP contribution in [0.4, 0.5) is 0 Å². The molecule has 1 nitrogen and oxygen atoms in total. The number of terminal acetylenes is 1. The molecular weight excluding hydrogens is 134 g/mol. The third-order valence-electron chi connectivity index (χ3n) is 2.45. The summed E-state index contributed by atoms with van der Waals surface area (Å²) in [6, 6.07) is 0.692. The van der Waals surface area contributed by atoms with E-state index in [0.29, 0.717) is 6.04 Å². The van der Waals surface area contributed by atoms with Crippen molar-refractivity contribution in [3.05, 3.63) is 0 Å². The van der Waals surface area contributed by atoms with Crippen molar-refractivity contribution in [1.82, 2.24) is 4.90 Å². The molecule has 1 atom stereocenters. The second kappa shape index (κ2) is 3.78. The molecule has 0 N–H and O–H groups in total. The first-order chi connectivity index (χ1) is 5.24. The smallest absolute Gasteiger partial charge is 0.0127 e. The molecule has 1 rings (SSSR count). The van der Waals surface area contributed by atoms with Crippen LogP contribution in [0.15, 0.2) is 0 Å². The Kier molecular flexibility index (Phi) is 2.96. The van der Waals surface area contributed by atoms with Crippen molar-refractivity contribution in [3.63, 3.8) is 0 Å². The van der Waals surface area contributed by atoms with Gasteiger partial charge in [-0.15, -0.1) is 12.3 Å². The van der Waals surface area contributed by atoms with Crippen LogP contribution in [0.3, 0.4) is 0 Å². The lowest BCUT2D eigenvalue weighted by molar-refractivity contribution is 0.266. The van der Waals surface area contributed by atoms with Gasteiger partial charge in [0.15, 0.2) is 0 Å². The summed E-state index contributed by atoms with van der Waals surface area (Å²) in [6.07, 6.45) is 7.52. The molecule has 1 heterocycles. The van der Waals surface area contributed by atoms with Crippen LogP contribution in [-0.4, -0.2) is 24.0 Å². The summed E-state index contributed by atoms with van der Waals surface area (Å²) in [6.45, 7) is 6.95. The van der Waals surface area contributed by atoms with Crippen LogP contribution < -0.4 is 0 Å². The quantitative estimate of drug-likeness (QED) is 0.543. The van der Waals surface area contributed by atoms with Crippen molar-refractivity contribution in [1.29, 1.82) is 0 Å². The second-order valence-electron chi connectivity index (χ2n) is 3.65. The number of rotatable bonds is 2. The zero-order valence-corrected chi connectivity index (χ0v) is 7.51. The molecule has 1 heteroatoms. The summed E-state index contributed by atoms with van der Waals surface area (Å²) in [5.41, 5.74) is 0. The van der Waals surface area contributed by atoms with Gasteiger partial charge in [-0.2, -0.15) is 0 Å². The van der Waals surface area contributed by atoms with Gasteiger partial charge in [0.1, 0.15) is 0 Å². The molecule has 0 spiro atoms. The maximum atomic E-state index is 5.26. The van der Waals surface area contributed by atoms with E-state index in [-0.39, 0.29) is 0 Å². The highest BCUT2D eigenvalue weighted by atomic mass is 15.2. The Morgan fingerprint density at radius 3 is 2.82 bits per heavy atom. The highest BCUT2D eigenvalue weighted by molar-refractivity contribution is 4.90. The van der Waals surface area contributed by atoms with E-state index >= 15 is 0 Å². The van der Waals surface area contributed by atoms with E-state index in [1.165, 1.54) is 19.5 Å². The summed E-state index contributed by atoms with van der Waals surface area (Å²) in [5.74, 6) is 3.51. The third-order valence-corrected chi connectivity index (χ3v) is 2.45. The summed E-state index contributed by atoms with van der Waals surface area (Å²) < 4.78 is 0. The van der Waals surface area contributed by atoms with Crippen molar-refractivity contribution in [2.24, 2.45) is 5.92 Å². The van der Waals surface area contributed by atoms with Gasteiger partial charge in [0.25, 0.3) is 0 Å². The molecule has 0 aromatic rings. The normalized spacial score (nSPS) is 25.8. The molecule has 1 aliphatic heterocycles. The molecule has 1 saturated heterocycles. The lowest BCUT2D eigenvalue weighted by Crippen LogP contribution is -2.28. The largest absolute Gasteiger partial charge is 0.301 e. The van der Waals surface area contributed by atoms with Crippen molar-refractivity contribution in [2.45, 2.75) is 32.7 Å². The molecule has 1 aliphatic rings. The van der Waals surface area contributed by atoms with E-state index < -0.39 is 0 Å². The molecule has 0 amide bonds. The molecule has 0 radical (unpaired) electrons. The van der Waals surface area contributed by atoms with Crippen LogP contribution in [0.25, 0.3) is 0 Å². The van der Waals surface area contributed by atoms with Gasteiger partial charge < -0.3 is 4.90 Å². The second-order valence-corrected chi connectivity index (χ2v) is 3.65. The Balaban J connectivity index is 2.30. The molecule has 0 bridgehead atoms. The first-order valence-electron chi connectivity index (χ1n) is 4.41. The number of hydrogen-bond acceptors (Lipinski definition) is 1. The van der Waals surface area contributed by atoms with E-state index in [4.69, 9.17) is 6.42 Å². The van der Waals surface area contributed by atoms with Crippen molar-refractivity contribution >= 4 is 0 Å². The van der Waals surface area contributed by atoms with Crippen LogP contribution in [0.2, 0.25) is 0 Å². The third kappa shape index (κ3) is 2.24. The minimum atomic E-state index is 0.692. The van der Waals surface area contributed by atoms with Crippen LogP contribution in [0, 0.1) is 18.3 Å². The van der Waals surface area contributed by atoms with Crippen LogP contribution in [0.5, 0.6) is 0 Å². The molecule has 0 aliphatic carbocycles. The van der Waals surface area contributed by atoms with Gasteiger partial charge in [0, 0.05) is 19.0 Å². The fraction of sp³-hybridized carbons (Fsp3) is 0.800. The molecule has 0 aromatic carbocycles. The van der Waals surface area contributed by atoms with Crippen molar-refractivity contribution in [2.75, 3.05) is 13.1 Å². The Hall–Kier alpha value is -0.480. The van der Waals surface area contributed by atoms with Crippen LogP contribution in [-0.2, 0) is 0 Å². The topological polar surface area (TPSA) is 3.24 Å². The van der Waals surface area contributed by atoms with E-state index in [9.17, 15) is 0 Å². The summed E-state index contributed by atoms with van der Waals surface area (Å²) in [7, 11) is 0. The average molecular weight is 151 g/mol. The lowest BCUT2D eigenvalue weighted by Gasteiger charge is -2.19. The van der Waals surface area contributed by atoms with Gasteiger partial charge >= 0.3 is 0 Å². The van der Waals surface area contributed by atoms with Crippen molar-refractivity contribution in [3.8, 4) is 12.3 Å². The molecule has 1 unspecified atom stereocenters. The fourth-order valence-electron chi connectivity index (χ4n) is 1.66. The Morgan fingerprint density at radius 1 is 1.64 bits per heavy atom. The lowest BCUT2D eigenvalue weighted by atomic mass is 10.1. The Morgan fingerprint density at radius 2 is 2.36 bits per heavy atom. The van der Waals surface area contributed by atoms with Gasteiger partial charge in [-0.1, -0.05) is 0 Å². The average Bonchev–Trinajstić information content (AvgIpc) is 2.37. The molecule has 1 fully saturated rings. The zero-order valence-electron chi connectivity index (χ0n) is 7.51. The highest BCUT2D eigenvalue weighted by Gasteiger charge is 2.22. The fourth-order valence-corrected chi connectivity index (χ4v) is 1.66. The maximum absolute atomic E-state index is 5.26. The summed E-state index contributed by atoms with van der Waals surface area (Å²) >= 11 is 0. The molecule has 0 aromatic heterocycles. The predicted molar refractivity (Wildman–Crippen MR) is 48.3 cm³/mol. The standard InChI is InChI=1S/C10H17N/c1-4-5-10-6-7-11(8-10)9(2)3/h1,9-10H,5-8H2,2-3H3. The Labute approximate surface area is 69.8 Å². The molecular formula is C10H17N. The number of likely N-dealkylation sites (tertiary alicyclic amines) is 1. The van der Waals surface area contributed by atoms with Gasteiger partial charge in [0.2, 0.25) is 0 Å². The van der Waals surface area contributed by atoms with E-state index in [1.54, 1.807) is 0 Å². The Bertz CT molecular complexity index is 155. The van der Waals surface area contributed by atoms with Crippen LogP contribution >= 0.6 is 0 Å². The summed E-state index contributed by atoms with van der Waals surface area (Å²) in [4.78, 5) is 2.50. The maximum Gasteiger partial charge on any atom is 0.0127 e. The molecule has 11 heavy (non-hydrogen) atoms. The molecule has 0 saturated carbocycles. The van der Waals surface area contributed by atoms with Crippen molar-refractivity contribution < 1.29 is 0 Å². The van der Waals surface area contributed by atoms with Crippen LogP contribution in [0.1, 0.15) is 26.7 Å². The highest BCUT2D eigenvalue weighted by Crippen LogP contribution is 2.20. The SMILES string of the molecule is C#CCC1CCN(C(C)C)C1. The van der Waals surface area contributed by atoms with Gasteiger partial charge in [-0.3, -0.25) is 0 Å². The van der Waals surface area contributed by atoms with E-state index in [1.807, 2.05) is 0 Å². The number of nitrogens with zero attached hydrogens (tertiary/aromatic N) is 1. The first kappa shape index (κ1) is 8.62. The van der Waals surface area contributed by atoms with E-state index in [0.717, 1.165) is 12.3 Å². The monoisotopic (exact) mass is 151 g/mol. The zero-order chi connectivity index (χ0) is 8.27. The summed E-state index contributed by atoms with van der Waals surface area (Å²) in [5, 5.41) is 0. The van der Waals surface area contributed by atoms with E-state index in [2.05, 4.69) is 24.7 Å². The molecule has 62 valence electrons. The minimum Gasteiger partial charge on any atom is -0.301 e. The van der Waals surface area contributed by atoms with Gasteiger partial charge in [-0.25, -0.2) is 0 Å².